The summed E-state index contributed by atoms with van der Waals surface area (Å²) in [4.78, 5) is 36.0. The van der Waals surface area contributed by atoms with Crippen LogP contribution in [-0.4, -0.2) is 50.1 Å². The van der Waals surface area contributed by atoms with Gasteiger partial charge in [-0.1, -0.05) is 12.1 Å². The van der Waals surface area contributed by atoms with E-state index in [2.05, 4.69) is 28.1 Å². The van der Waals surface area contributed by atoms with Gasteiger partial charge in [-0.05, 0) is 87.6 Å². The van der Waals surface area contributed by atoms with Crippen molar-refractivity contribution in [3.63, 3.8) is 0 Å². The van der Waals surface area contributed by atoms with Gasteiger partial charge in [-0.3, -0.25) is 9.59 Å². The molecule has 3 N–H and O–H groups in total. The largest absolute Gasteiger partial charge is 0.467 e. The second kappa shape index (κ2) is 12.8. The van der Waals surface area contributed by atoms with Crippen molar-refractivity contribution in [2.75, 3.05) is 20.2 Å². The maximum absolute atomic E-state index is 12.7. The van der Waals surface area contributed by atoms with E-state index in [9.17, 15) is 14.4 Å². The molecule has 0 spiro atoms. The molecule has 1 aromatic carbocycles. The standard InChI is InChI=1S/C24H35N3O4.ClH/c1-16(28)26-22(24(30)31-2)15-17-3-9-21(10-4-17)27-23(29)20-7-5-18(6-8-20)19-11-13-25-14-12-19;/h5-8,17,19,21-22,25H,3-4,9-15H2,1-2H3,(H,26,28)(H,27,29);1H/t17-,21-,22?;. The Hall–Kier alpha value is -2.12. The van der Waals surface area contributed by atoms with Crippen molar-refractivity contribution in [1.82, 2.24) is 16.0 Å². The highest BCUT2D eigenvalue weighted by atomic mass is 35.5. The van der Waals surface area contributed by atoms with E-state index in [-0.39, 0.29) is 30.3 Å². The van der Waals surface area contributed by atoms with E-state index in [4.69, 9.17) is 4.74 Å². The van der Waals surface area contributed by atoms with Crippen molar-refractivity contribution in [2.45, 2.75) is 69.9 Å². The Bertz CT molecular complexity index is 757. The predicted molar refractivity (Wildman–Crippen MR) is 126 cm³/mol. The van der Waals surface area contributed by atoms with Crippen molar-refractivity contribution < 1.29 is 19.1 Å². The highest BCUT2D eigenvalue weighted by molar-refractivity contribution is 5.94. The van der Waals surface area contributed by atoms with Gasteiger partial charge in [-0.2, -0.15) is 0 Å². The van der Waals surface area contributed by atoms with Gasteiger partial charge in [0.05, 0.1) is 7.11 Å². The van der Waals surface area contributed by atoms with E-state index >= 15 is 0 Å². The summed E-state index contributed by atoms with van der Waals surface area (Å²) in [5.41, 5.74) is 2.02. The van der Waals surface area contributed by atoms with Crippen molar-refractivity contribution >= 4 is 30.2 Å². The van der Waals surface area contributed by atoms with E-state index in [1.807, 2.05) is 12.1 Å². The molecule has 2 fully saturated rings. The monoisotopic (exact) mass is 465 g/mol. The summed E-state index contributed by atoms with van der Waals surface area (Å²) >= 11 is 0. The Labute approximate surface area is 196 Å². The van der Waals surface area contributed by atoms with Gasteiger partial charge in [0.25, 0.3) is 5.91 Å². The van der Waals surface area contributed by atoms with Crippen molar-refractivity contribution in [2.24, 2.45) is 5.92 Å². The lowest BCUT2D eigenvalue weighted by Gasteiger charge is -2.31. The van der Waals surface area contributed by atoms with Crippen molar-refractivity contribution in [3.8, 4) is 0 Å². The summed E-state index contributed by atoms with van der Waals surface area (Å²) in [5.74, 6) is 0.250. The second-order valence-corrected chi connectivity index (χ2v) is 8.85. The molecule has 0 bridgehead atoms. The lowest BCUT2D eigenvalue weighted by molar-refractivity contribution is -0.145. The minimum atomic E-state index is -0.600. The van der Waals surface area contributed by atoms with Gasteiger partial charge in [0.1, 0.15) is 6.04 Å². The number of nitrogens with one attached hydrogen (secondary N) is 3. The third-order valence-corrected chi connectivity index (χ3v) is 6.60. The topological polar surface area (TPSA) is 96.5 Å². The zero-order valence-electron chi connectivity index (χ0n) is 19.0. The van der Waals surface area contributed by atoms with E-state index in [1.165, 1.54) is 19.6 Å². The van der Waals surface area contributed by atoms with Gasteiger partial charge in [-0.25, -0.2) is 4.79 Å². The van der Waals surface area contributed by atoms with Crippen LogP contribution < -0.4 is 16.0 Å². The lowest BCUT2D eigenvalue weighted by Crippen LogP contribution is -2.43. The zero-order chi connectivity index (χ0) is 22.2. The Kier molecular flexibility index (Phi) is 10.5. The predicted octanol–water partition coefficient (Wildman–Crippen LogP) is 2.93. The van der Waals surface area contributed by atoms with Crippen LogP contribution in [0.5, 0.6) is 0 Å². The maximum atomic E-state index is 12.7. The number of rotatable bonds is 7. The SMILES string of the molecule is COC(=O)C(C[C@H]1CC[C@H](NC(=O)c2ccc(C3CCNCC3)cc2)CC1)NC(C)=O.Cl. The van der Waals surface area contributed by atoms with Gasteiger partial charge < -0.3 is 20.7 Å². The van der Waals surface area contributed by atoms with Crippen LogP contribution >= 0.6 is 12.4 Å². The Morgan fingerprint density at radius 1 is 1.03 bits per heavy atom. The maximum Gasteiger partial charge on any atom is 0.328 e. The summed E-state index contributed by atoms with van der Waals surface area (Å²) in [5, 5.41) is 9.23. The number of piperidine rings is 1. The van der Waals surface area contributed by atoms with Crippen LogP contribution in [-0.2, 0) is 14.3 Å². The second-order valence-electron chi connectivity index (χ2n) is 8.85. The number of hydrogen-bond acceptors (Lipinski definition) is 5. The van der Waals surface area contributed by atoms with Gasteiger partial charge >= 0.3 is 5.97 Å². The molecular weight excluding hydrogens is 430 g/mol. The van der Waals surface area contributed by atoms with E-state index in [0.29, 0.717) is 23.8 Å². The van der Waals surface area contributed by atoms with Crippen LogP contribution in [0.2, 0.25) is 0 Å². The number of benzene rings is 1. The highest BCUT2D eigenvalue weighted by Crippen LogP contribution is 2.29. The van der Waals surface area contributed by atoms with Gasteiger partial charge in [0, 0.05) is 18.5 Å². The van der Waals surface area contributed by atoms with Crippen LogP contribution in [0.25, 0.3) is 0 Å². The summed E-state index contributed by atoms with van der Waals surface area (Å²) in [6, 6.07) is 7.61. The number of carbonyl (C=O) groups is 3. The van der Waals surface area contributed by atoms with Crippen LogP contribution in [0.4, 0.5) is 0 Å². The Balaban J connectivity index is 0.00000363. The van der Waals surface area contributed by atoms with Crippen LogP contribution in [0.15, 0.2) is 24.3 Å². The first kappa shape index (κ1) is 26.1. The molecule has 2 aliphatic rings. The zero-order valence-corrected chi connectivity index (χ0v) is 19.8. The smallest absolute Gasteiger partial charge is 0.328 e. The number of esters is 1. The van der Waals surface area contributed by atoms with Gasteiger partial charge in [0.15, 0.2) is 0 Å². The molecule has 1 saturated heterocycles. The molecule has 1 heterocycles. The number of ether oxygens (including phenoxy) is 1. The first-order chi connectivity index (χ1) is 15.0. The third-order valence-electron chi connectivity index (χ3n) is 6.60. The van der Waals surface area contributed by atoms with E-state index < -0.39 is 12.0 Å². The molecule has 1 saturated carbocycles. The molecule has 178 valence electrons. The van der Waals surface area contributed by atoms with Crippen LogP contribution in [0, 0.1) is 5.92 Å². The molecule has 3 rings (SSSR count). The summed E-state index contributed by atoms with van der Waals surface area (Å²) in [7, 11) is 1.34. The summed E-state index contributed by atoms with van der Waals surface area (Å²) < 4.78 is 4.81. The third kappa shape index (κ3) is 7.48. The molecular formula is C24H36ClN3O4. The molecule has 32 heavy (non-hydrogen) atoms. The minimum absolute atomic E-state index is 0. The number of methoxy groups -OCH3 is 1. The van der Waals surface area contributed by atoms with Crippen LogP contribution in [0.3, 0.4) is 0 Å². The summed E-state index contributed by atoms with van der Waals surface area (Å²) in [6.45, 7) is 3.52. The van der Waals surface area contributed by atoms with E-state index in [0.717, 1.165) is 51.6 Å². The number of amides is 2. The fourth-order valence-electron chi connectivity index (χ4n) is 4.81. The molecule has 0 aromatic heterocycles. The molecule has 1 aliphatic heterocycles. The molecule has 1 unspecified atom stereocenters. The van der Waals surface area contributed by atoms with Crippen LogP contribution in [0.1, 0.15) is 73.7 Å². The average Bonchev–Trinajstić information content (AvgIpc) is 2.79. The fraction of sp³-hybridized carbons (Fsp3) is 0.625. The van der Waals surface area contributed by atoms with Gasteiger partial charge in [0.2, 0.25) is 5.91 Å². The number of halogens is 1. The van der Waals surface area contributed by atoms with E-state index in [1.54, 1.807) is 0 Å². The molecule has 0 radical (unpaired) electrons. The quantitative estimate of drug-likeness (QED) is 0.538. The minimum Gasteiger partial charge on any atom is -0.467 e. The average molecular weight is 466 g/mol. The normalized spacial score (nSPS) is 22.2. The molecule has 8 heteroatoms. The van der Waals surface area contributed by atoms with Gasteiger partial charge in [-0.15, -0.1) is 12.4 Å². The lowest BCUT2D eigenvalue weighted by atomic mass is 9.82. The molecule has 1 aromatic rings. The molecule has 7 nitrogen and oxygen atoms in total. The highest BCUT2D eigenvalue weighted by Gasteiger charge is 2.29. The Morgan fingerprint density at radius 3 is 2.22 bits per heavy atom. The molecule has 2 amide bonds. The fourth-order valence-corrected chi connectivity index (χ4v) is 4.81. The van der Waals surface area contributed by atoms with Crippen molar-refractivity contribution in [3.05, 3.63) is 35.4 Å². The number of hydrogen-bond donors (Lipinski definition) is 3. The molecule has 1 aliphatic carbocycles. The molecule has 1 atom stereocenters. The number of carbonyl (C=O) groups excluding carboxylic acids is 3. The first-order valence-electron chi connectivity index (χ1n) is 11.4. The first-order valence-corrected chi connectivity index (χ1v) is 11.4. The van der Waals surface area contributed by atoms with Crippen molar-refractivity contribution in [1.29, 1.82) is 0 Å². The Morgan fingerprint density at radius 2 is 1.66 bits per heavy atom. The summed E-state index contributed by atoms with van der Waals surface area (Å²) in [6.07, 6.45) is 6.43.